The first kappa shape index (κ1) is 12.0. The molecule has 0 aromatic carbocycles. The normalized spacial score (nSPS) is 37.6. The van der Waals surface area contributed by atoms with Crippen LogP contribution in [0.3, 0.4) is 0 Å². The van der Waals surface area contributed by atoms with Crippen LogP contribution in [-0.2, 0) is 4.79 Å². The maximum atomic E-state index is 12.7. The Morgan fingerprint density at radius 2 is 1.78 bits per heavy atom. The molecule has 0 radical (unpaired) electrons. The van der Waals surface area contributed by atoms with E-state index in [1.165, 1.54) is 0 Å². The molecule has 1 N–H and O–H groups in total. The van der Waals surface area contributed by atoms with E-state index in [2.05, 4.69) is 6.07 Å². The summed E-state index contributed by atoms with van der Waals surface area (Å²) in [5, 5.41) is 19.2. The third-order valence-corrected chi connectivity index (χ3v) is 5.02. The van der Waals surface area contributed by atoms with Crippen molar-refractivity contribution in [3.05, 3.63) is 0 Å². The van der Waals surface area contributed by atoms with Gasteiger partial charge in [0.2, 0.25) is 5.91 Å². The second kappa shape index (κ2) is 4.24. The van der Waals surface area contributed by atoms with Gasteiger partial charge in [-0.3, -0.25) is 4.79 Å². The van der Waals surface area contributed by atoms with Gasteiger partial charge in [-0.25, -0.2) is 0 Å². The summed E-state index contributed by atoms with van der Waals surface area (Å²) in [5.41, 5.74) is -0.747. The number of aliphatic hydroxyl groups excluding tert-OH is 1. The molecular formula is C14H20N2O2. The zero-order chi connectivity index (χ0) is 12.8. The molecule has 3 aliphatic rings. The number of fused-ring (bicyclic) bond motifs is 2. The first-order valence-corrected chi connectivity index (χ1v) is 7.08. The van der Waals surface area contributed by atoms with Crippen LogP contribution in [0.25, 0.3) is 0 Å². The molecule has 4 heteroatoms. The zero-order valence-corrected chi connectivity index (χ0v) is 10.6. The summed E-state index contributed by atoms with van der Waals surface area (Å²) in [5.74, 6) is 0.0573. The van der Waals surface area contributed by atoms with Crippen molar-refractivity contribution in [3.63, 3.8) is 0 Å². The lowest BCUT2D eigenvalue weighted by Gasteiger charge is -2.40. The van der Waals surface area contributed by atoms with Crippen LogP contribution >= 0.6 is 0 Å². The Bertz CT molecular complexity index is 381. The molecule has 0 aromatic rings. The Kier molecular flexibility index (Phi) is 2.82. The Balaban J connectivity index is 1.83. The molecule has 4 nitrogen and oxygen atoms in total. The van der Waals surface area contributed by atoms with E-state index in [0.717, 1.165) is 38.5 Å². The van der Waals surface area contributed by atoms with Gasteiger partial charge in [-0.05, 0) is 38.5 Å². The predicted octanol–water partition coefficient (Wildman–Crippen LogP) is 1.58. The molecule has 2 saturated heterocycles. The van der Waals surface area contributed by atoms with Crippen LogP contribution in [-0.4, -0.2) is 34.1 Å². The molecule has 1 aliphatic carbocycles. The molecule has 2 heterocycles. The van der Waals surface area contributed by atoms with Gasteiger partial charge in [-0.1, -0.05) is 12.8 Å². The van der Waals surface area contributed by atoms with Crippen LogP contribution in [0.15, 0.2) is 0 Å². The number of aliphatic hydroxyl groups is 1. The molecule has 1 saturated carbocycles. The number of piperidine rings is 1. The van der Waals surface area contributed by atoms with Gasteiger partial charge in [0.25, 0.3) is 0 Å². The number of hydrogen-bond acceptors (Lipinski definition) is 3. The fourth-order valence-electron chi connectivity index (χ4n) is 4.08. The van der Waals surface area contributed by atoms with Crippen LogP contribution in [0.5, 0.6) is 0 Å². The first-order valence-electron chi connectivity index (χ1n) is 7.08. The van der Waals surface area contributed by atoms with Crippen molar-refractivity contribution in [1.82, 2.24) is 4.90 Å². The van der Waals surface area contributed by atoms with E-state index in [0.29, 0.717) is 12.8 Å². The van der Waals surface area contributed by atoms with Crippen molar-refractivity contribution in [1.29, 1.82) is 5.26 Å². The molecule has 0 spiro atoms. The summed E-state index contributed by atoms with van der Waals surface area (Å²) in [6, 6.07) is 2.66. The molecule has 2 atom stereocenters. The zero-order valence-electron chi connectivity index (χ0n) is 10.6. The number of carbonyl (C=O) groups is 1. The number of hydrogen-bond donors (Lipinski definition) is 1. The van der Waals surface area contributed by atoms with Crippen molar-refractivity contribution < 1.29 is 9.90 Å². The van der Waals surface area contributed by atoms with E-state index in [9.17, 15) is 15.2 Å². The molecule has 2 unspecified atom stereocenters. The Hall–Kier alpha value is -1.08. The van der Waals surface area contributed by atoms with Gasteiger partial charge < -0.3 is 10.0 Å². The quantitative estimate of drug-likeness (QED) is 0.766. The van der Waals surface area contributed by atoms with Crippen molar-refractivity contribution in [3.8, 4) is 6.07 Å². The standard InChI is InChI=1S/C14H20N2O2/c15-9-14(5-1-2-6-14)13(18)16-10-3-4-11(16)8-12(17)7-10/h10-12,17H,1-8H2. The highest BCUT2D eigenvalue weighted by molar-refractivity contribution is 5.86. The minimum atomic E-state index is -0.747. The molecule has 0 aromatic heterocycles. The molecular weight excluding hydrogens is 228 g/mol. The minimum Gasteiger partial charge on any atom is -0.393 e. The van der Waals surface area contributed by atoms with Gasteiger partial charge in [0.05, 0.1) is 12.2 Å². The number of carbonyl (C=O) groups excluding carboxylic acids is 1. The van der Waals surface area contributed by atoms with Crippen LogP contribution < -0.4 is 0 Å². The second-order valence-corrected chi connectivity index (χ2v) is 6.12. The molecule has 2 aliphatic heterocycles. The summed E-state index contributed by atoms with van der Waals surface area (Å²) in [6.45, 7) is 0. The van der Waals surface area contributed by atoms with E-state index in [4.69, 9.17) is 0 Å². The number of amides is 1. The van der Waals surface area contributed by atoms with Gasteiger partial charge >= 0.3 is 0 Å². The average molecular weight is 248 g/mol. The lowest BCUT2D eigenvalue weighted by molar-refractivity contribution is -0.145. The fraction of sp³-hybridized carbons (Fsp3) is 0.857. The van der Waals surface area contributed by atoms with Gasteiger partial charge in [0.1, 0.15) is 5.41 Å². The minimum absolute atomic E-state index is 0.0573. The topological polar surface area (TPSA) is 64.3 Å². The van der Waals surface area contributed by atoms with E-state index in [1.54, 1.807) is 0 Å². The van der Waals surface area contributed by atoms with Crippen molar-refractivity contribution in [2.24, 2.45) is 5.41 Å². The number of rotatable bonds is 1. The lowest BCUT2D eigenvalue weighted by Crippen LogP contribution is -2.52. The Morgan fingerprint density at radius 3 is 2.28 bits per heavy atom. The summed E-state index contributed by atoms with van der Waals surface area (Å²) >= 11 is 0. The van der Waals surface area contributed by atoms with E-state index in [-0.39, 0.29) is 24.1 Å². The summed E-state index contributed by atoms with van der Waals surface area (Å²) < 4.78 is 0. The van der Waals surface area contributed by atoms with Crippen LogP contribution in [0, 0.1) is 16.7 Å². The van der Waals surface area contributed by atoms with Crippen LogP contribution in [0.4, 0.5) is 0 Å². The highest BCUT2D eigenvalue weighted by Gasteiger charge is 2.51. The molecule has 3 fully saturated rings. The monoisotopic (exact) mass is 248 g/mol. The largest absolute Gasteiger partial charge is 0.393 e. The van der Waals surface area contributed by atoms with Crippen molar-refractivity contribution in [2.75, 3.05) is 0 Å². The molecule has 3 rings (SSSR count). The first-order chi connectivity index (χ1) is 8.66. The third kappa shape index (κ3) is 1.65. The molecule has 1 amide bonds. The highest BCUT2D eigenvalue weighted by Crippen LogP contribution is 2.44. The van der Waals surface area contributed by atoms with Crippen LogP contribution in [0.2, 0.25) is 0 Å². The van der Waals surface area contributed by atoms with E-state index < -0.39 is 5.41 Å². The summed E-state index contributed by atoms with van der Waals surface area (Å²) in [6.07, 6.45) is 6.56. The summed E-state index contributed by atoms with van der Waals surface area (Å²) in [4.78, 5) is 14.7. The second-order valence-electron chi connectivity index (χ2n) is 6.12. The SMILES string of the molecule is N#CC1(C(=O)N2C3CCC2CC(O)C3)CCCC1. The molecule has 98 valence electrons. The fourth-order valence-corrected chi connectivity index (χ4v) is 4.08. The lowest BCUT2D eigenvalue weighted by atomic mass is 9.84. The van der Waals surface area contributed by atoms with Crippen LogP contribution in [0.1, 0.15) is 51.4 Å². The maximum absolute atomic E-state index is 12.7. The summed E-state index contributed by atoms with van der Waals surface area (Å²) in [7, 11) is 0. The van der Waals surface area contributed by atoms with Gasteiger partial charge in [0, 0.05) is 12.1 Å². The van der Waals surface area contributed by atoms with Crippen molar-refractivity contribution >= 4 is 5.91 Å². The van der Waals surface area contributed by atoms with Gasteiger partial charge in [-0.2, -0.15) is 5.26 Å². The van der Waals surface area contributed by atoms with Gasteiger partial charge in [-0.15, -0.1) is 0 Å². The molecule has 2 bridgehead atoms. The Labute approximate surface area is 108 Å². The predicted molar refractivity (Wildman–Crippen MR) is 65.4 cm³/mol. The maximum Gasteiger partial charge on any atom is 0.243 e. The third-order valence-electron chi connectivity index (χ3n) is 5.02. The van der Waals surface area contributed by atoms with Crippen molar-refractivity contribution in [2.45, 2.75) is 69.6 Å². The molecule has 18 heavy (non-hydrogen) atoms. The van der Waals surface area contributed by atoms with E-state index >= 15 is 0 Å². The Morgan fingerprint density at radius 1 is 1.22 bits per heavy atom. The smallest absolute Gasteiger partial charge is 0.243 e. The number of nitriles is 1. The van der Waals surface area contributed by atoms with E-state index in [1.807, 2.05) is 4.90 Å². The number of nitrogens with zero attached hydrogens (tertiary/aromatic N) is 2. The average Bonchev–Trinajstić information content (AvgIpc) is 2.93. The van der Waals surface area contributed by atoms with Gasteiger partial charge in [0.15, 0.2) is 0 Å². The highest BCUT2D eigenvalue weighted by atomic mass is 16.3.